The molecular formula is C19H16F3N3OS. The molecule has 1 aromatic heterocycles. The van der Waals surface area contributed by atoms with Gasteiger partial charge in [-0.1, -0.05) is 35.6 Å². The summed E-state index contributed by atoms with van der Waals surface area (Å²) in [6, 6.07) is 14.1. The first kappa shape index (κ1) is 18.9. The zero-order valence-electron chi connectivity index (χ0n) is 14.5. The SMILES string of the molecule is Cc1nc(N(C)c2ccccc2)sc1C(=O)Nc1cccc(C(F)(F)F)c1. The molecular weight excluding hydrogens is 375 g/mol. The lowest BCUT2D eigenvalue weighted by atomic mass is 10.2. The number of carbonyl (C=O) groups excluding carboxylic acids is 1. The quantitative estimate of drug-likeness (QED) is 0.640. The zero-order valence-corrected chi connectivity index (χ0v) is 15.4. The Morgan fingerprint density at radius 3 is 2.48 bits per heavy atom. The molecule has 0 aliphatic carbocycles. The molecule has 0 atom stereocenters. The summed E-state index contributed by atoms with van der Waals surface area (Å²) in [5.74, 6) is -0.489. The summed E-state index contributed by atoms with van der Waals surface area (Å²) in [5, 5.41) is 3.13. The van der Waals surface area contributed by atoms with Crippen LogP contribution in [0.25, 0.3) is 0 Å². The standard InChI is InChI=1S/C19H16F3N3OS/c1-12-16(27-18(23-12)25(2)15-9-4-3-5-10-15)17(26)24-14-8-6-7-13(11-14)19(20,21)22/h3-11H,1-2H3,(H,24,26). The number of nitrogens with zero attached hydrogens (tertiary/aromatic N) is 2. The predicted molar refractivity (Wildman–Crippen MR) is 101 cm³/mol. The van der Waals surface area contributed by atoms with Gasteiger partial charge < -0.3 is 10.2 Å². The van der Waals surface area contributed by atoms with Crippen LogP contribution in [-0.2, 0) is 6.18 Å². The summed E-state index contributed by atoms with van der Waals surface area (Å²) < 4.78 is 38.5. The van der Waals surface area contributed by atoms with E-state index in [4.69, 9.17) is 0 Å². The van der Waals surface area contributed by atoms with Crippen LogP contribution in [-0.4, -0.2) is 17.9 Å². The maximum Gasteiger partial charge on any atom is 0.416 e. The van der Waals surface area contributed by atoms with Gasteiger partial charge in [-0.2, -0.15) is 13.2 Å². The number of nitrogens with one attached hydrogen (secondary N) is 1. The van der Waals surface area contributed by atoms with Gasteiger partial charge >= 0.3 is 6.18 Å². The lowest BCUT2D eigenvalue weighted by molar-refractivity contribution is -0.137. The molecule has 1 N–H and O–H groups in total. The van der Waals surface area contributed by atoms with E-state index in [9.17, 15) is 18.0 Å². The van der Waals surface area contributed by atoms with Crippen LogP contribution >= 0.6 is 11.3 Å². The molecule has 0 saturated heterocycles. The monoisotopic (exact) mass is 391 g/mol. The number of halogens is 3. The van der Waals surface area contributed by atoms with Gasteiger partial charge in [0.25, 0.3) is 5.91 Å². The molecule has 0 radical (unpaired) electrons. The first-order valence-corrected chi connectivity index (χ1v) is 8.82. The highest BCUT2D eigenvalue weighted by Crippen LogP contribution is 2.32. The van der Waals surface area contributed by atoms with Crippen LogP contribution < -0.4 is 10.2 Å². The number of aryl methyl sites for hydroxylation is 1. The number of hydrogen-bond acceptors (Lipinski definition) is 4. The maximum atomic E-state index is 12.8. The molecule has 0 saturated carbocycles. The van der Waals surface area contributed by atoms with E-state index in [1.165, 1.54) is 23.5 Å². The molecule has 1 amide bonds. The van der Waals surface area contributed by atoms with Gasteiger partial charge in [-0.3, -0.25) is 4.79 Å². The third-order valence-electron chi connectivity index (χ3n) is 3.87. The predicted octanol–water partition coefficient (Wildman–Crippen LogP) is 5.49. The average molecular weight is 391 g/mol. The number of rotatable bonds is 4. The van der Waals surface area contributed by atoms with Crippen molar-refractivity contribution in [2.24, 2.45) is 0 Å². The van der Waals surface area contributed by atoms with Crippen molar-refractivity contribution < 1.29 is 18.0 Å². The van der Waals surface area contributed by atoms with E-state index in [2.05, 4.69) is 10.3 Å². The van der Waals surface area contributed by atoms with Gasteiger partial charge in [-0.25, -0.2) is 4.98 Å². The normalized spacial score (nSPS) is 11.3. The summed E-state index contributed by atoms with van der Waals surface area (Å²) in [6.07, 6.45) is -4.47. The van der Waals surface area contributed by atoms with Crippen LogP contribution in [0.2, 0.25) is 0 Å². The lowest BCUT2D eigenvalue weighted by Crippen LogP contribution is -2.13. The molecule has 8 heteroatoms. The second kappa shape index (κ2) is 7.40. The molecule has 140 valence electrons. The first-order valence-electron chi connectivity index (χ1n) is 8.00. The van der Waals surface area contributed by atoms with E-state index in [0.717, 1.165) is 17.8 Å². The van der Waals surface area contributed by atoms with Gasteiger partial charge in [0.1, 0.15) is 4.88 Å². The number of anilines is 3. The summed E-state index contributed by atoms with van der Waals surface area (Å²) >= 11 is 1.18. The van der Waals surface area contributed by atoms with Crippen molar-refractivity contribution in [1.29, 1.82) is 0 Å². The highest BCUT2D eigenvalue weighted by atomic mass is 32.1. The minimum atomic E-state index is -4.47. The Kier molecular flexibility index (Phi) is 5.18. The first-order chi connectivity index (χ1) is 12.8. The van der Waals surface area contributed by atoms with Crippen LogP contribution in [0, 0.1) is 6.92 Å². The van der Waals surface area contributed by atoms with Crippen LogP contribution in [0.3, 0.4) is 0 Å². The molecule has 0 aliphatic rings. The second-order valence-electron chi connectivity index (χ2n) is 5.84. The number of thiazole rings is 1. The Hall–Kier alpha value is -2.87. The fourth-order valence-corrected chi connectivity index (χ4v) is 3.40. The maximum absolute atomic E-state index is 12.8. The van der Waals surface area contributed by atoms with Gasteiger partial charge in [0, 0.05) is 18.4 Å². The highest BCUT2D eigenvalue weighted by molar-refractivity contribution is 7.17. The van der Waals surface area contributed by atoms with Crippen LogP contribution in [0.1, 0.15) is 20.9 Å². The van der Waals surface area contributed by atoms with Crippen LogP contribution in [0.4, 0.5) is 29.7 Å². The number of alkyl halides is 3. The van der Waals surface area contributed by atoms with Crippen molar-refractivity contribution in [1.82, 2.24) is 4.98 Å². The van der Waals surface area contributed by atoms with Crippen molar-refractivity contribution in [2.75, 3.05) is 17.3 Å². The number of hydrogen-bond donors (Lipinski definition) is 1. The van der Waals surface area contributed by atoms with E-state index in [-0.39, 0.29) is 5.69 Å². The average Bonchev–Trinajstić information content (AvgIpc) is 3.03. The van der Waals surface area contributed by atoms with Crippen molar-refractivity contribution in [3.63, 3.8) is 0 Å². The minimum absolute atomic E-state index is 0.0839. The molecule has 0 spiro atoms. The van der Waals surface area contributed by atoms with Gasteiger partial charge in [0.2, 0.25) is 0 Å². The molecule has 0 fully saturated rings. The summed E-state index contributed by atoms with van der Waals surface area (Å²) in [4.78, 5) is 19.1. The van der Waals surface area contributed by atoms with Gasteiger partial charge in [0.15, 0.2) is 5.13 Å². The topological polar surface area (TPSA) is 45.2 Å². The third-order valence-corrected chi connectivity index (χ3v) is 5.10. The lowest BCUT2D eigenvalue weighted by Gasteiger charge is -2.15. The molecule has 1 heterocycles. The largest absolute Gasteiger partial charge is 0.416 e. The zero-order chi connectivity index (χ0) is 19.6. The van der Waals surface area contributed by atoms with Gasteiger partial charge in [-0.15, -0.1) is 0 Å². The molecule has 27 heavy (non-hydrogen) atoms. The molecule has 3 aromatic rings. The van der Waals surface area contributed by atoms with Gasteiger partial charge in [0.05, 0.1) is 11.3 Å². The Morgan fingerprint density at radius 1 is 1.11 bits per heavy atom. The van der Waals surface area contributed by atoms with E-state index in [1.807, 2.05) is 42.3 Å². The number of para-hydroxylation sites is 1. The van der Waals surface area contributed by atoms with Crippen molar-refractivity contribution in [3.8, 4) is 0 Å². The van der Waals surface area contributed by atoms with E-state index in [0.29, 0.717) is 15.7 Å². The summed E-state index contributed by atoms with van der Waals surface area (Å²) in [5.41, 5.74) is 0.699. The second-order valence-corrected chi connectivity index (χ2v) is 6.82. The Bertz CT molecular complexity index is 954. The molecule has 4 nitrogen and oxygen atoms in total. The fraction of sp³-hybridized carbons (Fsp3) is 0.158. The summed E-state index contributed by atoms with van der Waals surface area (Å²) in [6.45, 7) is 1.69. The number of amides is 1. The smallest absolute Gasteiger partial charge is 0.321 e. The Morgan fingerprint density at radius 2 is 1.81 bits per heavy atom. The number of carbonyl (C=O) groups is 1. The number of aromatic nitrogens is 1. The molecule has 2 aromatic carbocycles. The molecule has 0 aliphatic heterocycles. The van der Waals surface area contributed by atoms with Crippen molar-refractivity contribution in [2.45, 2.75) is 13.1 Å². The Balaban J connectivity index is 1.81. The fourth-order valence-electron chi connectivity index (χ4n) is 2.46. The number of benzene rings is 2. The summed E-state index contributed by atoms with van der Waals surface area (Å²) in [7, 11) is 1.84. The van der Waals surface area contributed by atoms with E-state index in [1.54, 1.807) is 6.92 Å². The van der Waals surface area contributed by atoms with Crippen LogP contribution in [0.15, 0.2) is 54.6 Å². The van der Waals surface area contributed by atoms with Gasteiger partial charge in [-0.05, 0) is 37.3 Å². The highest BCUT2D eigenvalue weighted by Gasteiger charge is 2.30. The third kappa shape index (κ3) is 4.28. The van der Waals surface area contributed by atoms with Crippen molar-refractivity contribution >= 4 is 33.8 Å². The molecule has 3 rings (SSSR count). The Labute approximate surface area is 158 Å². The van der Waals surface area contributed by atoms with Crippen LogP contribution in [0.5, 0.6) is 0 Å². The molecule has 0 unspecified atom stereocenters. The molecule has 0 bridgehead atoms. The minimum Gasteiger partial charge on any atom is -0.321 e. The van der Waals surface area contributed by atoms with E-state index >= 15 is 0 Å². The van der Waals surface area contributed by atoms with E-state index < -0.39 is 17.6 Å². The van der Waals surface area contributed by atoms with Crippen molar-refractivity contribution in [3.05, 3.63) is 70.7 Å².